The van der Waals surface area contributed by atoms with Crippen molar-refractivity contribution in [2.24, 2.45) is 0 Å². The second-order valence-electron chi connectivity index (χ2n) is 3.77. The maximum atomic E-state index is 12.2. The Morgan fingerprint density at radius 1 is 1.58 bits per heavy atom. The van der Waals surface area contributed by atoms with E-state index in [9.17, 15) is 13.2 Å². The summed E-state index contributed by atoms with van der Waals surface area (Å²) in [6, 6.07) is 3.13. The van der Waals surface area contributed by atoms with Crippen LogP contribution in [-0.2, 0) is 14.8 Å². The highest BCUT2D eigenvalue weighted by atomic mass is 32.2. The molecule has 0 saturated heterocycles. The van der Waals surface area contributed by atoms with E-state index in [2.05, 4.69) is 4.98 Å². The number of sulfonamides is 1. The second kappa shape index (κ2) is 5.77. The molecule has 0 spiro atoms. The molecule has 102 valence electrons. The molecule has 0 bridgehead atoms. The minimum atomic E-state index is -3.94. The summed E-state index contributed by atoms with van der Waals surface area (Å²) in [6.45, 7) is 1.59. The van der Waals surface area contributed by atoms with Crippen molar-refractivity contribution in [3.05, 3.63) is 24.0 Å². The second-order valence-corrected chi connectivity index (χ2v) is 5.77. The van der Waals surface area contributed by atoms with E-state index in [1.54, 1.807) is 13.0 Å². The van der Waals surface area contributed by atoms with Gasteiger partial charge in [0.1, 0.15) is 22.7 Å². The Morgan fingerprint density at radius 2 is 2.21 bits per heavy atom. The monoisotopic (exact) mass is 283 g/mol. The van der Waals surface area contributed by atoms with Crippen molar-refractivity contribution in [2.45, 2.75) is 24.3 Å². The molecule has 0 aliphatic carbocycles. The van der Waals surface area contributed by atoms with Crippen LogP contribution in [0.3, 0.4) is 0 Å². The van der Waals surface area contributed by atoms with Crippen LogP contribution in [0.5, 0.6) is 0 Å². The van der Waals surface area contributed by atoms with Gasteiger partial charge in [0.2, 0.25) is 10.0 Å². The smallest absolute Gasteiger partial charge is 0.321 e. The zero-order chi connectivity index (χ0) is 14.6. The van der Waals surface area contributed by atoms with E-state index in [0.29, 0.717) is 0 Å². The Kier molecular flexibility index (Phi) is 4.58. The van der Waals surface area contributed by atoms with Crippen LogP contribution in [0.4, 0.5) is 0 Å². The fourth-order valence-electron chi connectivity index (χ4n) is 1.52. The number of pyridine rings is 1. The molecule has 0 aliphatic rings. The quantitative estimate of drug-likeness (QED) is 0.839. The molecule has 1 unspecified atom stereocenters. The summed E-state index contributed by atoms with van der Waals surface area (Å²) in [7, 11) is -2.74. The lowest BCUT2D eigenvalue weighted by atomic mass is 10.2. The summed E-state index contributed by atoms with van der Waals surface area (Å²) in [5.41, 5.74) is 0.0897. The highest BCUT2D eigenvalue weighted by molar-refractivity contribution is 7.89. The molecule has 1 heterocycles. The Labute approximate surface area is 111 Å². The molecule has 1 rings (SSSR count). The molecular weight excluding hydrogens is 270 g/mol. The highest BCUT2D eigenvalue weighted by Crippen LogP contribution is 2.17. The average molecular weight is 283 g/mol. The number of aromatic nitrogens is 1. The molecule has 1 N–H and O–H groups in total. The number of rotatable bonds is 5. The van der Waals surface area contributed by atoms with Crippen molar-refractivity contribution in [1.29, 1.82) is 5.26 Å². The van der Waals surface area contributed by atoms with Crippen molar-refractivity contribution in [1.82, 2.24) is 9.29 Å². The number of carboxylic acid groups (broad SMARTS) is 1. The lowest BCUT2D eigenvalue weighted by molar-refractivity contribution is -0.141. The molecule has 1 atom stereocenters. The zero-order valence-corrected chi connectivity index (χ0v) is 11.3. The number of likely N-dealkylation sites (N-methyl/N-ethyl adjacent to an activating group) is 1. The zero-order valence-electron chi connectivity index (χ0n) is 10.4. The standard InChI is InChI=1S/C11H13N3O4S/c1-3-10(11(15)16)14(2)19(17,18)9-5-4-8(6-12)13-7-9/h4-5,7,10H,3H2,1-2H3,(H,15,16). The maximum Gasteiger partial charge on any atom is 0.321 e. The molecular formula is C11H13N3O4S. The fourth-order valence-corrected chi connectivity index (χ4v) is 2.85. The molecule has 1 aromatic heterocycles. The highest BCUT2D eigenvalue weighted by Gasteiger charge is 2.31. The third-order valence-electron chi connectivity index (χ3n) is 2.64. The fraction of sp³-hybridized carbons (Fsp3) is 0.364. The van der Waals surface area contributed by atoms with Gasteiger partial charge in [-0.05, 0) is 18.6 Å². The Bertz CT molecular complexity index is 604. The van der Waals surface area contributed by atoms with Gasteiger partial charge in [-0.25, -0.2) is 13.4 Å². The number of hydrogen-bond acceptors (Lipinski definition) is 5. The van der Waals surface area contributed by atoms with Crippen molar-refractivity contribution in [3.63, 3.8) is 0 Å². The molecule has 0 amide bonds. The molecule has 8 heteroatoms. The Hall–Kier alpha value is -1.98. The van der Waals surface area contributed by atoms with Crippen molar-refractivity contribution in [3.8, 4) is 6.07 Å². The van der Waals surface area contributed by atoms with Gasteiger partial charge in [0.15, 0.2) is 0 Å². The van der Waals surface area contributed by atoms with E-state index in [1.807, 2.05) is 0 Å². The summed E-state index contributed by atoms with van der Waals surface area (Å²) >= 11 is 0. The van der Waals surface area contributed by atoms with Crippen LogP contribution in [0, 0.1) is 11.3 Å². The van der Waals surface area contributed by atoms with E-state index in [0.717, 1.165) is 10.5 Å². The van der Waals surface area contributed by atoms with E-state index < -0.39 is 22.0 Å². The molecule has 0 aromatic carbocycles. The average Bonchev–Trinajstić information content (AvgIpc) is 2.39. The largest absolute Gasteiger partial charge is 0.480 e. The Morgan fingerprint density at radius 3 is 2.58 bits per heavy atom. The minimum absolute atomic E-state index is 0.0897. The molecule has 7 nitrogen and oxygen atoms in total. The first-order valence-corrected chi connectivity index (χ1v) is 6.85. The summed E-state index contributed by atoms with van der Waals surface area (Å²) < 4.78 is 25.1. The van der Waals surface area contributed by atoms with Gasteiger partial charge >= 0.3 is 5.97 Å². The van der Waals surface area contributed by atoms with Gasteiger partial charge in [-0.3, -0.25) is 4.79 Å². The van der Waals surface area contributed by atoms with Crippen LogP contribution in [0.25, 0.3) is 0 Å². The normalized spacial score (nSPS) is 12.9. The van der Waals surface area contributed by atoms with Crippen molar-refractivity contribution < 1.29 is 18.3 Å². The summed E-state index contributed by atoms with van der Waals surface area (Å²) in [5, 5.41) is 17.6. The SMILES string of the molecule is CCC(C(=O)O)N(C)S(=O)(=O)c1ccc(C#N)nc1. The predicted octanol–water partition coefficient (Wildman–Crippen LogP) is 0.437. The number of hydrogen-bond donors (Lipinski definition) is 1. The van der Waals surface area contributed by atoms with Gasteiger partial charge in [0, 0.05) is 13.2 Å². The summed E-state index contributed by atoms with van der Waals surface area (Å²) in [5.74, 6) is -1.21. The van der Waals surface area contributed by atoms with Crippen LogP contribution in [0.15, 0.2) is 23.2 Å². The summed E-state index contributed by atoms with van der Waals surface area (Å²) in [6.07, 6.45) is 1.19. The lowest BCUT2D eigenvalue weighted by Gasteiger charge is -2.22. The van der Waals surface area contributed by atoms with E-state index >= 15 is 0 Å². The first-order valence-electron chi connectivity index (χ1n) is 5.41. The number of nitriles is 1. The third kappa shape index (κ3) is 3.07. The topological polar surface area (TPSA) is 111 Å². The lowest BCUT2D eigenvalue weighted by Crippen LogP contribution is -2.41. The van der Waals surface area contributed by atoms with Crippen LogP contribution >= 0.6 is 0 Å². The number of aliphatic carboxylic acids is 1. The molecule has 0 radical (unpaired) electrons. The minimum Gasteiger partial charge on any atom is -0.480 e. The third-order valence-corrected chi connectivity index (χ3v) is 4.49. The Balaban J connectivity index is 3.16. The predicted molar refractivity (Wildman–Crippen MR) is 65.6 cm³/mol. The van der Waals surface area contributed by atoms with Crippen LogP contribution < -0.4 is 0 Å². The van der Waals surface area contributed by atoms with Crippen LogP contribution in [0.2, 0.25) is 0 Å². The van der Waals surface area contributed by atoms with Crippen LogP contribution in [0.1, 0.15) is 19.0 Å². The first-order chi connectivity index (χ1) is 8.84. The number of carbonyl (C=O) groups is 1. The number of nitrogens with zero attached hydrogens (tertiary/aromatic N) is 3. The van der Waals surface area contributed by atoms with Crippen molar-refractivity contribution >= 4 is 16.0 Å². The molecule has 0 saturated carbocycles. The summed E-state index contributed by atoms with van der Waals surface area (Å²) in [4.78, 5) is 14.5. The van der Waals surface area contributed by atoms with Gasteiger partial charge in [-0.2, -0.15) is 9.57 Å². The van der Waals surface area contributed by atoms with E-state index in [4.69, 9.17) is 10.4 Å². The van der Waals surface area contributed by atoms with Gasteiger partial charge in [0.05, 0.1) is 0 Å². The van der Waals surface area contributed by atoms with Crippen LogP contribution in [-0.4, -0.2) is 41.9 Å². The van der Waals surface area contributed by atoms with Gasteiger partial charge in [-0.15, -0.1) is 0 Å². The molecule has 1 aromatic rings. The molecule has 19 heavy (non-hydrogen) atoms. The van der Waals surface area contributed by atoms with Crippen molar-refractivity contribution in [2.75, 3.05) is 7.05 Å². The van der Waals surface area contributed by atoms with Gasteiger partial charge < -0.3 is 5.11 Å². The van der Waals surface area contributed by atoms with E-state index in [1.165, 1.54) is 19.2 Å². The molecule has 0 fully saturated rings. The number of carboxylic acids is 1. The molecule has 0 aliphatic heterocycles. The van der Waals surface area contributed by atoms with E-state index in [-0.39, 0.29) is 17.0 Å². The van der Waals surface area contributed by atoms with Gasteiger partial charge in [-0.1, -0.05) is 6.92 Å². The first kappa shape index (κ1) is 15.1. The van der Waals surface area contributed by atoms with Gasteiger partial charge in [0.25, 0.3) is 0 Å². The maximum absolute atomic E-state index is 12.2.